The molecule has 0 amide bonds. The van der Waals surface area contributed by atoms with Gasteiger partial charge < -0.3 is 5.32 Å². The number of rotatable bonds is 2. The number of hydrogen-bond donors (Lipinski definition) is 1. The van der Waals surface area contributed by atoms with E-state index in [1.165, 1.54) is 72.4 Å². The average Bonchev–Trinajstić information content (AvgIpc) is 3.57. The van der Waals surface area contributed by atoms with Crippen LogP contribution in [0.5, 0.6) is 0 Å². The van der Waals surface area contributed by atoms with Crippen LogP contribution in [0.25, 0.3) is 33.4 Å². The molecule has 0 bridgehead atoms. The van der Waals surface area contributed by atoms with E-state index in [1.54, 1.807) is 0 Å². The van der Waals surface area contributed by atoms with E-state index in [1.807, 2.05) is 0 Å². The Labute approximate surface area is 241 Å². The summed E-state index contributed by atoms with van der Waals surface area (Å²) in [5, 5.41) is 3.95. The molecule has 0 aliphatic heterocycles. The molecule has 0 atom stereocenters. The van der Waals surface area contributed by atoms with Crippen LogP contribution >= 0.6 is 0 Å². The van der Waals surface area contributed by atoms with Gasteiger partial charge in [-0.1, -0.05) is 129 Å². The van der Waals surface area contributed by atoms with Gasteiger partial charge in [0.15, 0.2) is 0 Å². The van der Waals surface area contributed by atoms with Crippen LogP contribution in [0.15, 0.2) is 133 Å². The van der Waals surface area contributed by atoms with Crippen LogP contribution < -0.4 is 5.32 Å². The van der Waals surface area contributed by atoms with Gasteiger partial charge >= 0.3 is 0 Å². The van der Waals surface area contributed by atoms with E-state index >= 15 is 0 Å². The smallest absolute Gasteiger partial charge is 0.0745 e. The molecule has 194 valence electrons. The zero-order valence-electron chi connectivity index (χ0n) is 23.2. The number of hydrogen-bond acceptors (Lipinski definition) is 1. The summed E-state index contributed by atoms with van der Waals surface area (Å²) in [6.45, 7) is 4.69. The van der Waals surface area contributed by atoms with Gasteiger partial charge in [0.1, 0.15) is 0 Å². The zero-order chi connectivity index (χ0) is 27.3. The predicted octanol–water partition coefficient (Wildman–Crippen LogP) is 10.1. The summed E-state index contributed by atoms with van der Waals surface area (Å²) in [7, 11) is 0. The molecule has 6 aromatic rings. The first kappa shape index (κ1) is 22.9. The molecule has 1 spiro atoms. The van der Waals surface area contributed by atoms with Crippen molar-refractivity contribution < 1.29 is 0 Å². The van der Waals surface area contributed by atoms with Crippen LogP contribution in [-0.2, 0) is 10.8 Å². The van der Waals surface area contributed by atoms with Crippen molar-refractivity contribution in [3.63, 3.8) is 0 Å². The van der Waals surface area contributed by atoms with Crippen LogP contribution in [0, 0.1) is 0 Å². The quantitative estimate of drug-likeness (QED) is 0.238. The maximum atomic E-state index is 3.95. The van der Waals surface area contributed by atoms with Crippen molar-refractivity contribution in [2.24, 2.45) is 0 Å². The molecule has 9 rings (SSSR count). The van der Waals surface area contributed by atoms with E-state index in [-0.39, 0.29) is 10.8 Å². The second-order valence-corrected chi connectivity index (χ2v) is 12.2. The summed E-state index contributed by atoms with van der Waals surface area (Å²) in [5.74, 6) is 0. The molecule has 3 aliphatic rings. The number of fused-ring (bicyclic) bond motifs is 13. The van der Waals surface area contributed by atoms with Crippen molar-refractivity contribution in [3.8, 4) is 33.4 Å². The molecular formula is C40H29N. The third-order valence-electron chi connectivity index (χ3n) is 9.88. The van der Waals surface area contributed by atoms with E-state index < -0.39 is 0 Å². The lowest BCUT2D eigenvalue weighted by molar-refractivity contribution is 0.660. The highest BCUT2D eigenvalue weighted by Crippen LogP contribution is 2.64. The number of anilines is 2. The Morgan fingerprint density at radius 2 is 0.878 bits per heavy atom. The second-order valence-electron chi connectivity index (χ2n) is 12.2. The van der Waals surface area contributed by atoms with Crippen LogP contribution in [-0.4, -0.2) is 0 Å². The first-order valence-electron chi connectivity index (χ1n) is 14.5. The van der Waals surface area contributed by atoms with Crippen LogP contribution in [0.4, 0.5) is 11.4 Å². The molecule has 0 aromatic heterocycles. The van der Waals surface area contributed by atoms with E-state index in [9.17, 15) is 0 Å². The van der Waals surface area contributed by atoms with Gasteiger partial charge in [0.2, 0.25) is 0 Å². The minimum atomic E-state index is -0.366. The van der Waals surface area contributed by atoms with Crippen LogP contribution in [0.2, 0.25) is 0 Å². The Kier molecular flexibility index (Phi) is 4.39. The molecule has 41 heavy (non-hydrogen) atoms. The first-order chi connectivity index (χ1) is 20.1. The molecule has 0 radical (unpaired) electrons. The lowest BCUT2D eigenvalue weighted by Crippen LogP contribution is -2.26. The van der Waals surface area contributed by atoms with E-state index in [0.29, 0.717) is 0 Å². The van der Waals surface area contributed by atoms with Gasteiger partial charge in [-0.2, -0.15) is 0 Å². The predicted molar refractivity (Wildman–Crippen MR) is 170 cm³/mol. The molecule has 1 nitrogen and oxygen atoms in total. The highest BCUT2D eigenvalue weighted by Gasteiger charge is 2.52. The van der Waals surface area contributed by atoms with E-state index in [4.69, 9.17) is 0 Å². The van der Waals surface area contributed by atoms with Gasteiger partial charge in [-0.15, -0.1) is 0 Å². The summed E-state index contributed by atoms with van der Waals surface area (Å²) >= 11 is 0. The monoisotopic (exact) mass is 523 g/mol. The molecule has 0 heterocycles. The fourth-order valence-corrected chi connectivity index (χ4v) is 8.20. The van der Waals surface area contributed by atoms with E-state index in [0.717, 1.165) is 5.69 Å². The lowest BCUT2D eigenvalue weighted by atomic mass is 9.70. The number of benzene rings is 6. The Hall–Kier alpha value is -4.88. The SMILES string of the molecule is CC1(C)c2ccccc2-c2ccc(Nc3cccc4c3C3(c5ccccc5-c5ccccc53)c3ccccc3-4)cc21. The van der Waals surface area contributed by atoms with Crippen LogP contribution in [0.3, 0.4) is 0 Å². The number of nitrogens with one attached hydrogen (secondary N) is 1. The molecule has 0 saturated heterocycles. The highest BCUT2D eigenvalue weighted by atomic mass is 14.9. The maximum Gasteiger partial charge on any atom is 0.0745 e. The van der Waals surface area contributed by atoms with Gasteiger partial charge in [0.25, 0.3) is 0 Å². The fraction of sp³-hybridized carbons (Fsp3) is 0.100. The molecule has 0 saturated carbocycles. The van der Waals surface area contributed by atoms with Crippen LogP contribution in [0.1, 0.15) is 47.2 Å². The van der Waals surface area contributed by atoms with Gasteiger partial charge in [-0.05, 0) is 79.4 Å². The third kappa shape index (κ3) is 2.76. The summed E-state index contributed by atoms with van der Waals surface area (Å²) in [6, 6.07) is 49.6. The Morgan fingerprint density at radius 1 is 0.415 bits per heavy atom. The van der Waals surface area contributed by atoms with Gasteiger partial charge in [-0.3, -0.25) is 0 Å². The van der Waals surface area contributed by atoms with Crippen molar-refractivity contribution >= 4 is 11.4 Å². The summed E-state index contributed by atoms with van der Waals surface area (Å²) in [5.41, 5.74) is 18.1. The topological polar surface area (TPSA) is 12.0 Å². The largest absolute Gasteiger partial charge is 0.355 e. The van der Waals surface area contributed by atoms with Crippen molar-refractivity contribution in [2.45, 2.75) is 24.7 Å². The maximum absolute atomic E-state index is 3.95. The standard InChI is InChI=1S/C40H29N/c1-39(2)32-17-7-3-12-26(32)30-23-22-25(24-36(30)39)41-37-21-11-16-31-29-15-6-10-20-35(29)40(38(31)37)33-18-8-4-13-27(33)28-14-5-9-19-34(28)40/h3-24,41H,1-2H3. The minimum Gasteiger partial charge on any atom is -0.355 e. The second kappa shape index (κ2) is 7.86. The van der Waals surface area contributed by atoms with Crippen molar-refractivity contribution in [2.75, 3.05) is 5.32 Å². The molecule has 0 unspecified atom stereocenters. The molecule has 6 aromatic carbocycles. The Balaban J connectivity index is 1.28. The molecule has 1 N–H and O–H groups in total. The Morgan fingerprint density at radius 3 is 1.49 bits per heavy atom. The average molecular weight is 524 g/mol. The molecule has 1 heteroatoms. The fourth-order valence-electron chi connectivity index (χ4n) is 8.20. The highest BCUT2D eigenvalue weighted by molar-refractivity contribution is 5.98. The van der Waals surface area contributed by atoms with Gasteiger partial charge in [0.05, 0.1) is 5.41 Å². The molecule has 0 fully saturated rings. The summed E-state index contributed by atoms with van der Waals surface area (Å²) < 4.78 is 0. The Bertz CT molecular complexity index is 2000. The van der Waals surface area contributed by atoms with Gasteiger partial charge in [-0.25, -0.2) is 0 Å². The van der Waals surface area contributed by atoms with Gasteiger partial charge in [0, 0.05) is 22.4 Å². The lowest BCUT2D eigenvalue weighted by Gasteiger charge is -2.32. The molecular weight excluding hydrogens is 494 g/mol. The zero-order valence-corrected chi connectivity index (χ0v) is 23.2. The van der Waals surface area contributed by atoms with Crippen molar-refractivity contribution in [1.82, 2.24) is 0 Å². The summed E-state index contributed by atoms with van der Waals surface area (Å²) in [4.78, 5) is 0. The first-order valence-corrected chi connectivity index (χ1v) is 14.5. The molecule has 3 aliphatic carbocycles. The normalized spacial score (nSPS) is 15.5. The van der Waals surface area contributed by atoms with Crippen molar-refractivity contribution in [3.05, 3.63) is 167 Å². The van der Waals surface area contributed by atoms with E-state index in [2.05, 4.69) is 153 Å². The third-order valence-corrected chi connectivity index (χ3v) is 9.88. The minimum absolute atomic E-state index is 0.0386. The summed E-state index contributed by atoms with van der Waals surface area (Å²) in [6.07, 6.45) is 0. The van der Waals surface area contributed by atoms with Crippen molar-refractivity contribution in [1.29, 1.82) is 0 Å².